The number of nitrogen functional groups attached to an aromatic ring is 1. The van der Waals surface area contributed by atoms with Crippen LogP contribution < -0.4 is 5.73 Å². The van der Waals surface area contributed by atoms with Crippen molar-refractivity contribution in [1.29, 1.82) is 0 Å². The summed E-state index contributed by atoms with van der Waals surface area (Å²) in [5, 5.41) is 4.27. The highest BCUT2D eigenvalue weighted by Crippen LogP contribution is 2.37. The average molecular weight is 258 g/mol. The molecule has 2 heterocycles. The Balaban J connectivity index is 2.14. The molecule has 0 atom stereocenters. The molecule has 0 unspecified atom stereocenters. The number of aromatic nitrogens is 1. The second-order valence-electron chi connectivity index (χ2n) is 3.61. The molecule has 0 aliphatic heterocycles. The molecule has 2 aromatic heterocycles. The molecule has 0 spiro atoms. The van der Waals surface area contributed by atoms with Crippen LogP contribution in [0.5, 0.6) is 0 Å². The van der Waals surface area contributed by atoms with Gasteiger partial charge in [-0.2, -0.15) is 0 Å². The normalized spacial score (nSPS) is 10.8. The quantitative estimate of drug-likeness (QED) is 0.705. The zero-order chi connectivity index (χ0) is 11.7. The predicted octanol–water partition coefficient (Wildman–Crippen LogP) is 4.03. The van der Waals surface area contributed by atoms with Gasteiger partial charge >= 0.3 is 0 Å². The Labute approximate surface area is 107 Å². The maximum atomic E-state index is 5.96. The van der Waals surface area contributed by atoms with Gasteiger partial charge in [-0.3, -0.25) is 4.98 Å². The molecule has 17 heavy (non-hydrogen) atoms. The highest BCUT2D eigenvalue weighted by molar-refractivity contribution is 8.01. The first-order chi connectivity index (χ1) is 8.34. The zero-order valence-corrected chi connectivity index (χ0v) is 10.6. The number of fused-ring (bicyclic) bond motifs is 1. The molecule has 0 aliphatic carbocycles. The van der Waals surface area contributed by atoms with Crippen LogP contribution in [0.15, 0.2) is 57.2 Å². The van der Waals surface area contributed by atoms with Crippen molar-refractivity contribution in [3.8, 4) is 0 Å². The smallest absolute Gasteiger partial charge is 0.0646 e. The first kappa shape index (κ1) is 10.6. The fraction of sp³-hybridized carbons (Fsp3) is 0. The van der Waals surface area contributed by atoms with Crippen molar-refractivity contribution >= 4 is 39.6 Å². The third-order valence-corrected chi connectivity index (χ3v) is 4.63. The van der Waals surface area contributed by atoms with Crippen molar-refractivity contribution in [3.05, 3.63) is 48.1 Å². The lowest BCUT2D eigenvalue weighted by Gasteiger charge is -2.06. The van der Waals surface area contributed by atoms with E-state index in [0.29, 0.717) is 0 Å². The van der Waals surface area contributed by atoms with E-state index in [9.17, 15) is 0 Å². The van der Waals surface area contributed by atoms with Crippen LogP contribution in [-0.2, 0) is 0 Å². The van der Waals surface area contributed by atoms with Crippen molar-refractivity contribution in [2.45, 2.75) is 9.10 Å². The number of hydrogen-bond acceptors (Lipinski definition) is 4. The summed E-state index contributed by atoms with van der Waals surface area (Å²) >= 11 is 3.50. The monoisotopic (exact) mass is 258 g/mol. The van der Waals surface area contributed by atoms with Gasteiger partial charge in [-0.15, -0.1) is 11.3 Å². The molecule has 0 aliphatic rings. The van der Waals surface area contributed by atoms with Gasteiger partial charge in [-0.25, -0.2) is 0 Å². The second kappa shape index (κ2) is 4.39. The summed E-state index contributed by atoms with van der Waals surface area (Å²) in [6.45, 7) is 0. The van der Waals surface area contributed by atoms with Gasteiger partial charge in [0.25, 0.3) is 0 Å². The van der Waals surface area contributed by atoms with Crippen molar-refractivity contribution < 1.29 is 0 Å². The topological polar surface area (TPSA) is 38.9 Å². The Morgan fingerprint density at radius 2 is 2.06 bits per heavy atom. The third kappa shape index (κ3) is 2.01. The van der Waals surface area contributed by atoms with Crippen molar-refractivity contribution in [1.82, 2.24) is 4.98 Å². The van der Waals surface area contributed by atoms with Gasteiger partial charge in [-0.1, -0.05) is 17.8 Å². The lowest BCUT2D eigenvalue weighted by molar-refractivity contribution is 1.34. The van der Waals surface area contributed by atoms with E-state index in [1.807, 2.05) is 18.3 Å². The van der Waals surface area contributed by atoms with Gasteiger partial charge < -0.3 is 5.73 Å². The average Bonchev–Trinajstić information content (AvgIpc) is 2.86. The van der Waals surface area contributed by atoms with E-state index in [0.717, 1.165) is 16.5 Å². The van der Waals surface area contributed by atoms with E-state index >= 15 is 0 Å². The minimum atomic E-state index is 0.804. The van der Waals surface area contributed by atoms with Gasteiger partial charge in [0.15, 0.2) is 0 Å². The number of hydrogen-bond donors (Lipinski definition) is 1. The molecule has 2 N–H and O–H groups in total. The Bertz CT molecular complexity index is 648. The molecule has 2 nitrogen and oxygen atoms in total. The van der Waals surface area contributed by atoms with Gasteiger partial charge in [0.05, 0.1) is 4.21 Å². The number of rotatable bonds is 2. The van der Waals surface area contributed by atoms with Gasteiger partial charge in [0.2, 0.25) is 0 Å². The van der Waals surface area contributed by atoms with E-state index in [2.05, 4.69) is 28.6 Å². The summed E-state index contributed by atoms with van der Waals surface area (Å²) in [6, 6.07) is 10.2. The van der Waals surface area contributed by atoms with Crippen LogP contribution in [0, 0.1) is 0 Å². The van der Waals surface area contributed by atoms with Crippen molar-refractivity contribution in [2.75, 3.05) is 5.73 Å². The highest BCUT2D eigenvalue weighted by Gasteiger charge is 2.06. The van der Waals surface area contributed by atoms with Crippen LogP contribution in [0.4, 0.5) is 5.69 Å². The Kier molecular flexibility index (Phi) is 2.74. The largest absolute Gasteiger partial charge is 0.398 e. The van der Waals surface area contributed by atoms with Crippen LogP contribution in [0.1, 0.15) is 0 Å². The summed E-state index contributed by atoms with van der Waals surface area (Å²) in [5.74, 6) is 0. The number of thiophene rings is 1. The zero-order valence-electron chi connectivity index (χ0n) is 8.96. The molecule has 3 rings (SSSR count). The van der Waals surface area contributed by atoms with Crippen LogP contribution >= 0.6 is 23.1 Å². The number of pyridine rings is 1. The molecule has 0 saturated carbocycles. The van der Waals surface area contributed by atoms with Gasteiger partial charge in [0, 0.05) is 33.7 Å². The first-order valence-electron chi connectivity index (χ1n) is 5.18. The number of anilines is 1. The SMILES string of the molecule is Nc1ccc(Sc2cccs2)c2cnccc12. The van der Waals surface area contributed by atoms with E-state index in [1.165, 1.54) is 9.10 Å². The van der Waals surface area contributed by atoms with Crippen molar-refractivity contribution in [3.63, 3.8) is 0 Å². The maximum Gasteiger partial charge on any atom is 0.0646 e. The Morgan fingerprint density at radius 3 is 2.88 bits per heavy atom. The number of benzene rings is 1. The van der Waals surface area contributed by atoms with Crippen molar-refractivity contribution in [2.24, 2.45) is 0 Å². The molecule has 0 fully saturated rings. The molecule has 0 amide bonds. The fourth-order valence-electron chi connectivity index (χ4n) is 1.71. The maximum absolute atomic E-state index is 5.96. The summed E-state index contributed by atoms with van der Waals surface area (Å²) in [5.41, 5.74) is 6.77. The van der Waals surface area contributed by atoms with Crippen LogP contribution in [0.25, 0.3) is 10.8 Å². The molecular weight excluding hydrogens is 248 g/mol. The molecule has 0 radical (unpaired) electrons. The Hall–Kier alpha value is -1.52. The molecule has 3 aromatic rings. The van der Waals surface area contributed by atoms with E-state index < -0.39 is 0 Å². The molecule has 0 saturated heterocycles. The highest BCUT2D eigenvalue weighted by atomic mass is 32.2. The number of nitrogens with two attached hydrogens (primary N) is 1. The summed E-state index contributed by atoms with van der Waals surface area (Å²) in [6.07, 6.45) is 3.65. The summed E-state index contributed by atoms with van der Waals surface area (Å²) in [4.78, 5) is 5.38. The second-order valence-corrected chi connectivity index (χ2v) is 5.90. The minimum Gasteiger partial charge on any atom is -0.398 e. The van der Waals surface area contributed by atoms with Crippen LogP contribution in [-0.4, -0.2) is 4.98 Å². The molecule has 4 heteroatoms. The van der Waals surface area contributed by atoms with Crippen LogP contribution in [0.2, 0.25) is 0 Å². The summed E-state index contributed by atoms with van der Waals surface area (Å²) in [7, 11) is 0. The van der Waals surface area contributed by atoms with Gasteiger partial charge in [-0.05, 0) is 29.6 Å². The molecule has 0 bridgehead atoms. The number of nitrogens with zero attached hydrogens (tertiary/aromatic N) is 1. The van der Waals surface area contributed by atoms with E-state index in [4.69, 9.17) is 5.73 Å². The van der Waals surface area contributed by atoms with E-state index in [-0.39, 0.29) is 0 Å². The van der Waals surface area contributed by atoms with E-state index in [1.54, 1.807) is 29.3 Å². The first-order valence-corrected chi connectivity index (χ1v) is 6.88. The minimum absolute atomic E-state index is 0.804. The molecule has 1 aromatic carbocycles. The standard InChI is InChI=1S/C13H10N2S2/c14-11-3-4-12(17-13-2-1-7-16-13)10-8-15-6-5-9(10)11/h1-8H,14H2. The fourth-order valence-corrected chi connectivity index (χ4v) is 3.56. The molecular formula is C13H10N2S2. The lowest BCUT2D eigenvalue weighted by atomic mass is 10.1. The summed E-state index contributed by atoms with van der Waals surface area (Å²) < 4.78 is 1.28. The van der Waals surface area contributed by atoms with Gasteiger partial charge in [0.1, 0.15) is 0 Å². The molecule has 84 valence electrons. The lowest BCUT2D eigenvalue weighted by Crippen LogP contribution is -1.88. The Morgan fingerprint density at radius 1 is 1.12 bits per heavy atom. The predicted molar refractivity (Wildman–Crippen MR) is 74.6 cm³/mol. The third-order valence-electron chi connectivity index (χ3n) is 2.52. The van der Waals surface area contributed by atoms with Crippen LogP contribution in [0.3, 0.4) is 0 Å².